The number of pyridine rings is 1. The highest BCUT2D eigenvalue weighted by molar-refractivity contribution is 7.80. The molecule has 1 amide bonds. The minimum absolute atomic E-state index is 0.0276. The molecule has 0 aliphatic carbocycles. The van der Waals surface area contributed by atoms with Crippen molar-refractivity contribution in [3.05, 3.63) is 83.4 Å². The van der Waals surface area contributed by atoms with Crippen molar-refractivity contribution in [2.45, 2.75) is 32.4 Å². The van der Waals surface area contributed by atoms with Crippen LogP contribution in [0.5, 0.6) is 0 Å². The smallest absolute Gasteiger partial charge is 0.226 e. The summed E-state index contributed by atoms with van der Waals surface area (Å²) < 4.78 is 2.18. The number of carbonyl (C=O) groups excluding carboxylic acids is 1. The fraction of sp³-hybridized carbons (Fsp3) is 0.292. The van der Waals surface area contributed by atoms with Gasteiger partial charge in [-0.15, -0.1) is 0 Å². The zero-order chi connectivity index (χ0) is 22.0. The van der Waals surface area contributed by atoms with Gasteiger partial charge in [0.05, 0.1) is 17.8 Å². The molecule has 0 bridgehead atoms. The number of para-hydroxylation sites is 1. The maximum absolute atomic E-state index is 12.7. The molecule has 1 aliphatic rings. The number of benzene rings is 1. The van der Waals surface area contributed by atoms with Crippen molar-refractivity contribution in [1.82, 2.24) is 19.8 Å². The van der Waals surface area contributed by atoms with Gasteiger partial charge in [0.15, 0.2) is 5.11 Å². The molecule has 1 saturated heterocycles. The lowest BCUT2D eigenvalue weighted by Gasteiger charge is -2.28. The first-order valence-electron chi connectivity index (χ1n) is 10.4. The van der Waals surface area contributed by atoms with Crippen molar-refractivity contribution in [3.8, 4) is 0 Å². The monoisotopic (exact) mass is 433 g/mol. The third kappa shape index (κ3) is 4.32. The van der Waals surface area contributed by atoms with E-state index in [1.165, 1.54) is 5.69 Å². The number of nitrogens with one attached hydrogen (secondary N) is 2. The minimum Gasteiger partial charge on any atom is -0.352 e. The van der Waals surface area contributed by atoms with E-state index in [0.29, 0.717) is 18.1 Å². The normalized spacial score (nSPS) is 18.2. The van der Waals surface area contributed by atoms with Crippen LogP contribution in [0.25, 0.3) is 0 Å². The molecule has 1 aromatic carbocycles. The molecule has 2 N–H and O–H groups in total. The largest absolute Gasteiger partial charge is 0.352 e. The van der Waals surface area contributed by atoms with Crippen LogP contribution in [-0.2, 0) is 11.8 Å². The molecule has 1 fully saturated rings. The second kappa shape index (κ2) is 8.89. The molecule has 7 heteroatoms. The van der Waals surface area contributed by atoms with E-state index in [1.54, 1.807) is 6.20 Å². The summed E-state index contributed by atoms with van der Waals surface area (Å²) in [7, 11) is 2.06. The van der Waals surface area contributed by atoms with E-state index in [1.807, 2.05) is 49.4 Å². The van der Waals surface area contributed by atoms with Gasteiger partial charge in [-0.25, -0.2) is 0 Å². The lowest BCUT2D eigenvalue weighted by Crippen LogP contribution is -2.33. The highest BCUT2D eigenvalue weighted by Gasteiger charge is 2.41. The third-order valence-corrected chi connectivity index (χ3v) is 6.26. The highest BCUT2D eigenvalue weighted by Crippen LogP contribution is 2.39. The zero-order valence-electron chi connectivity index (χ0n) is 18.0. The molecule has 1 aliphatic heterocycles. The van der Waals surface area contributed by atoms with Gasteiger partial charge in [-0.2, -0.15) is 0 Å². The summed E-state index contributed by atoms with van der Waals surface area (Å²) in [6.45, 7) is 4.59. The van der Waals surface area contributed by atoms with Crippen LogP contribution < -0.4 is 10.6 Å². The molecule has 31 heavy (non-hydrogen) atoms. The number of aryl methyl sites for hydroxylation is 2. The average Bonchev–Trinajstić information content (AvgIpc) is 3.27. The van der Waals surface area contributed by atoms with E-state index in [9.17, 15) is 4.79 Å². The Morgan fingerprint density at radius 3 is 2.58 bits per heavy atom. The molecular weight excluding hydrogens is 406 g/mol. The molecule has 4 rings (SSSR count). The number of aromatic nitrogens is 2. The van der Waals surface area contributed by atoms with Crippen LogP contribution in [0, 0.1) is 13.8 Å². The van der Waals surface area contributed by atoms with Gasteiger partial charge in [-0.3, -0.25) is 9.78 Å². The number of rotatable bonds is 6. The van der Waals surface area contributed by atoms with E-state index >= 15 is 0 Å². The van der Waals surface area contributed by atoms with Crippen molar-refractivity contribution >= 4 is 28.9 Å². The van der Waals surface area contributed by atoms with Crippen molar-refractivity contribution < 1.29 is 4.79 Å². The molecule has 2 aromatic heterocycles. The van der Waals surface area contributed by atoms with Crippen molar-refractivity contribution in [1.29, 1.82) is 0 Å². The number of anilines is 1. The number of hydrogen-bond donors (Lipinski definition) is 2. The Morgan fingerprint density at radius 1 is 1.13 bits per heavy atom. The Morgan fingerprint density at radius 2 is 1.90 bits per heavy atom. The molecule has 6 nitrogen and oxygen atoms in total. The van der Waals surface area contributed by atoms with E-state index in [2.05, 4.69) is 51.2 Å². The van der Waals surface area contributed by atoms with E-state index < -0.39 is 0 Å². The van der Waals surface area contributed by atoms with E-state index in [4.69, 9.17) is 12.2 Å². The number of amides is 1. The molecule has 3 aromatic rings. The summed E-state index contributed by atoms with van der Waals surface area (Å²) in [5.41, 5.74) is 5.13. The topological polar surface area (TPSA) is 62.2 Å². The summed E-state index contributed by atoms with van der Waals surface area (Å²) in [6, 6.07) is 17.8. The van der Waals surface area contributed by atoms with Crippen LogP contribution in [0.2, 0.25) is 0 Å². The summed E-state index contributed by atoms with van der Waals surface area (Å²) in [6.07, 6.45) is 2.14. The number of thiocarbonyl (C=S) groups is 1. The van der Waals surface area contributed by atoms with Crippen molar-refractivity contribution in [2.75, 3.05) is 11.9 Å². The first-order valence-corrected chi connectivity index (χ1v) is 10.8. The molecule has 0 saturated carbocycles. The quantitative estimate of drug-likeness (QED) is 0.575. The van der Waals surface area contributed by atoms with Crippen LogP contribution in [-0.4, -0.2) is 32.0 Å². The fourth-order valence-corrected chi connectivity index (χ4v) is 4.38. The van der Waals surface area contributed by atoms with Crippen molar-refractivity contribution in [2.24, 2.45) is 7.05 Å². The average molecular weight is 434 g/mol. The lowest BCUT2D eigenvalue weighted by molar-refractivity contribution is -0.116. The Bertz CT molecular complexity index is 1090. The summed E-state index contributed by atoms with van der Waals surface area (Å²) >= 11 is 5.69. The van der Waals surface area contributed by atoms with Gasteiger partial charge in [-0.1, -0.05) is 24.3 Å². The van der Waals surface area contributed by atoms with Crippen molar-refractivity contribution in [3.63, 3.8) is 0 Å². The number of nitrogens with zero attached hydrogens (tertiary/aromatic N) is 3. The van der Waals surface area contributed by atoms with Gasteiger partial charge in [-0.05, 0) is 62.0 Å². The summed E-state index contributed by atoms with van der Waals surface area (Å²) in [4.78, 5) is 19.4. The second-order valence-electron chi connectivity index (χ2n) is 7.89. The van der Waals surface area contributed by atoms with Crippen LogP contribution in [0.15, 0.2) is 60.8 Å². The third-order valence-electron chi connectivity index (χ3n) is 5.91. The Balaban J connectivity index is 1.56. The molecule has 0 radical (unpaired) electrons. The predicted molar refractivity (Wildman–Crippen MR) is 127 cm³/mol. The zero-order valence-corrected chi connectivity index (χ0v) is 18.8. The molecule has 160 valence electrons. The molecule has 0 unspecified atom stereocenters. The number of carbonyl (C=O) groups is 1. The summed E-state index contributed by atoms with van der Waals surface area (Å²) in [5, 5.41) is 7.09. The van der Waals surface area contributed by atoms with Gasteiger partial charge < -0.3 is 20.1 Å². The maximum atomic E-state index is 12.7. The number of hydrogen-bond acceptors (Lipinski definition) is 3. The van der Waals surface area contributed by atoms with Crippen LogP contribution in [0.4, 0.5) is 5.69 Å². The fourth-order valence-electron chi connectivity index (χ4n) is 4.05. The predicted octanol–water partition coefficient (Wildman–Crippen LogP) is 4.04. The Hall–Kier alpha value is -3.19. The second-order valence-corrected chi connectivity index (χ2v) is 8.28. The molecule has 2 atom stereocenters. The van der Waals surface area contributed by atoms with E-state index in [-0.39, 0.29) is 18.0 Å². The molecule has 0 spiro atoms. The SMILES string of the molecule is Cc1ccccc1NC(=O)CCN1C(=S)N[C@H](c2ccccn2)[C@H]1c1ccc(C)n1C. The first kappa shape index (κ1) is 21.1. The standard InChI is InChI=1S/C24H27N5OS/c1-16-8-4-5-9-18(16)26-21(30)13-15-29-23(20-12-11-17(2)28(20)3)22(27-24(29)31)19-10-6-7-14-25-19/h4-12,14,22-23H,13,15H2,1-3H3,(H,26,30)(H,27,31)/t22-,23-/m1/s1. The molecule has 3 heterocycles. The van der Waals surface area contributed by atoms with Gasteiger partial charge in [0, 0.05) is 43.3 Å². The summed E-state index contributed by atoms with van der Waals surface area (Å²) in [5.74, 6) is -0.0276. The lowest BCUT2D eigenvalue weighted by atomic mass is 10.0. The van der Waals surface area contributed by atoms with Gasteiger partial charge in [0.2, 0.25) is 5.91 Å². The Kier molecular flexibility index (Phi) is 6.04. The van der Waals surface area contributed by atoms with Crippen LogP contribution >= 0.6 is 12.2 Å². The molecular formula is C24H27N5OS. The Labute approximate surface area is 188 Å². The van der Waals surface area contributed by atoms with Gasteiger partial charge >= 0.3 is 0 Å². The van der Waals surface area contributed by atoms with E-state index in [0.717, 1.165) is 22.6 Å². The van der Waals surface area contributed by atoms with Gasteiger partial charge in [0.25, 0.3) is 0 Å². The highest BCUT2D eigenvalue weighted by atomic mass is 32.1. The maximum Gasteiger partial charge on any atom is 0.226 e. The van der Waals surface area contributed by atoms with Crippen LogP contribution in [0.3, 0.4) is 0 Å². The van der Waals surface area contributed by atoms with Crippen LogP contribution in [0.1, 0.15) is 41.1 Å². The minimum atomic E-state index is -0.0823. The van der Waals surface area contributed by atoms with Gasteiger partial charge in [0.1, 0.15) is 0 Å². The first-order chi connectivity index (χ1) is 15.0.